The summed E-state index contributed by atoms with van der Waals surface area (Å²) >= 11 is 0. The first-order valence-corrected chi connectivity index (χ1v) is 10.5. The second kappa shape index (κ2) is 9.60. The van der Waals surface area contributed by atoms with Gasteiger partial charge in [-0.2, -0.15) is 0 Å². The van der Waals surface area contributed by atoms with E-state index in [1.165, 1.54) is 12.1 Å². The highest BCUT2D eigenvalue weighted by atomic mass is 19.1. The number of ether oxygens (including phenoxy) is 1. The average Bonchev–Trinajstić information content (AvgIpc) is 2.82. The molecule has 1 atom stereocenters. The Morgan fingerprint density at radius 2 is 1.53 bits per heavy atom. The zero-order valence-electron chi connectivity index (χ0n) is 17.8. The number of carbonyl (C=O) groups is 2. The second-order valence-corrected chi connectivity index (χ2v) is 7.83. The zero-order chi connectivity index (χ0) is 22.5. The lowest BCUT2D eigenvalue weighted by molar-refractivity contribution is -0.141. The van der Waals surface area contributed by atoms with Gasteiger partial charge in [-0.1, -0.05) is 72.8 Å². The summed E-state index contributed by atoms with van der Waals surface area (Å²) in [6.07, 6.45) is 0.117. The molecule has 1 unspecified atom stereocenters. The van der Waals surface area contributed by atoms with Crippen LogP contribution in [0.5, 0.6) is 0 Å². The molecule has 1 heterocycles. The molecule has 0 aromatic heterocycles. The first-order chi connectivity index (χ1) is 15.5. The summed E-state index contributed by atoms with van der Waals surface area (Å²) in [5.74, 6) is -1.40. The van der Waals surface area contributed by atoms with E-state index in [1.54, 1.807) is 24.0 Å². The molecule has 0 spiro atoms. The molecule has 0 saturated carbocycles. The van der Waals surface area contributed by atoms with Gasteiger partial charge in [0.25, 0.3) is 0 Å². The van der Waals surface area contributed by atoms with Crippen LogP contribution in [-0.2, 0) is 27.5 Å². The number of esters is 1. The number of rotatable bonds is 6. The predicted octanol–water partition coefficient (Wildman–Crippen LogP) is 5.36. The van der Waals surface area contributed by atoms with Crippen LogP contribution in [0.15, 0.2) is 96.2 Å². The fraction of sp³-hybridized carbons (Fsp3) is 0.185. The summed E-state index contributed by atoms with van der Waals surface area (Å²) in [5, 5.41) is 0. The van der Waals surface area contributed by atoms with Crippen molar-refractivity contribution in [1.29, 1.82) is 0 Å². The normalized spacial score (nSPS) is 16.2. The van der Waals surface area contributed by atoms with E-state index >= 15 is 0 Å². The van der Waals surface area contributed by atoms with Gasteiger partial charge >= 0.3 is 5.97 Å². The van der Waals surface area contributed by atoms with Crippen LogP contribution in [0.2, 0.25) is 0 Å². The van der Waals surface area contributed by atoms with Crippen molar-refractivity contribution in [3.8, 4) is 0 Å². The molecule has 3 aromatic carbocycles. The van der Waals surface area contributed by atoms with Crippen molar-refractivity contribution in [3.05, 3.63) is 119 Å². The first kappa shape index (κ1) is 21.5. The molecule has 0 saturated heterocycles. The molecule has 5 heteroatoms. The molecule has 0 N–H and O–H groups in total. The fourth-order valence-electron chi connectivity index (χ4n) is 4.01. The Labute approximate surface area is 186 Å². The molecule has 1 amide bonds. The van der Waals surface area contributed by atoms with Crippen LogP contribution >= 0.6 is 0 Å². The maximum Gasteiger partial charge on any atom is 0.336 e. The minimum atomic E-state index is -0.488. The quantitative estimate of drug-likeness (QED) is 0.496. The number of hydrogen-bond donors (Lipinski definition) is 0. The molecular formula is C27H24FNO3. The summed E-state index contributed by atoms with van der Waals surface area (Å²) < 4.78 is 19.1. The maximum atomic E-state index is 13.5. The van der Waals surface area contributed by atoms with Crippen LogP contribution in [-0.4, -0.2) is 16.8 Å². The summed E-state index contributed by atoms with van der Waals surface area (Å²) in [4.78, 5) is 28.0. The number of hydrogen-bond acceptors (Lipinski definition) is 3. The van der Waals surface area contributed by atoms with Gasteiger partial charge in [-0.25, -0.2) is 9.18 Å². The van der Waals surface area contributed by atoms with Gasteiger partial charge < -0.3 is 9.64 Å². The van der Waals surface area contributed by atoms with Crippen LogP contribution < -0.4 is 0 Å². The highest BCUT2D eigenvalue weighted by Crippen LogP contribution is 2.38. The van der Waals surface area contributed by atoms with E-state index in [4.69, 9.17) is 4.74 Å². The van der Waals surface area contributed by atoms with Crippen molar-refractivity contribution in [2.45, 2.75) is 32.4 Å². The molecular weight excluding hydrogens is 405 g/mol. The topological polar surface area (TPSA) is 46.6 Å². The van der Waals surface area contributed by atoms with Crippen LogP contribution in [0.3, 0.4) is 0 Å². The van der Waals surface area contributed by atoms with Gasteiger partial charge in [0.15, 0.2) is 0 Å². The number of halogens is 1. The van der Waals surface area contributed by atoms with E-state index in [2.05, 4.69) is 0 Å². The second-order valence-electron chi connectivity index (χ2n) is 7.83. The van der Waals surface area contributed by atoms with E-state index < -0.39 is 11.9 Å². The minimum absolute atomic E-state index is 0.0831. The van der Waals surface area contributed by atoms with Gasteiger partial charge in [0, 0.05) is 18.0 Å². The molecule has 0 aliphatic carbocycles. The Balaban J connectivity index is 1.67. The van der Waals surface area contributed by atoms with Gasteiger partial charge in [0.1, 0.15) is 12.4 Å². The largest absolute Gasteiger partial charge is 0.457 e. The molecule has 0 bridgehead atoms. The van der Waals surface area contributed by atoms with E-state index in [0.717, 1.165) is 11.1 Å². The highest BCUT2D eigenvalue weighted by Gasteiger charge is 2.37. The van der Waals surface area contributed by atoms with Gasteiger partial charge in [-0.3, -0.25) is 4.79 Å². The lowest BCUT2D eigenvalue weighted by Crippen LogP contribution is -2.38. The summed E-state index contributed by atoms with van der Waals surface area (Å²) in [5.41, 5.74) is 3.56. The summed E-state index contributed by atoms with van der Waals surface area (Å²) in [7, 11) is 0. The Bertz CT molecular complexity index is 1120. The Kier molecular flexibility index (Phi) is 6.45. The standard InChI is InChI=1S/C27H24FNO3/c1-19-26(27(31)32-18-21-10-6-3-7-11-21)24(22-12-14-23(28)15-13-22)16-25(30)29(19)17-20-8-4-2-5-9-20/h2-15,24H,16-18H2,1H3. The van der Waals surface area contributed by atoms with Crippen molar-refractivity contribution >= 4 is 11.9 Å². The smallest absolute Gasteiger partial charge is 0.336 e. The summed E-state index contributed by atoms with van der Waals surface area (Å²) in [6, 6.07) is 25.0. The van der Waals surface area contributed by atoms with Crippen molar-refractivity contribution in [2.75, 3.05) is 0 Å². The van der Waals surface area contributed by atoms with Gasteiger partial charge in [-0.15, -0.1) is 0 Å². The van der Waals surface area contributed by atoms with Crippen LogP contribution in [0.1, 0.15) is 36.0 Å². The molecule has 0 fully saturated rings. The number of benzene rings is 3. The first-order valence-electron chi connectivity index (χ1n) is 10.5. The molecule has 1 aliphatic heterocycles. The van der Waals surface area contributed by atoms with Crippen molar-refractivity contribution in [1.82, 2.24) is 4.90 Å². The van der Waals surface area contributed by atoms with E-state index in [0.29, 0.717) is 23.4 Å². The molecule has 162 valence electrons. The molecule has 1 aliphatic rings. The number of allylic oxidation sites excluding steroid dienone is 1. The molecule has 3 aromatic rings. The molecule has 32 heavy (non-hydrogen) atoms. The summed E-state index contributed by atoms with van der Waals surface area (Å²) in [6.45, 7) is 2.28. The van der Waals surface area contributed by atoms with Crippen LogP contribution in [0, 0.1) is 5.82 Å². The number of carbonyl (C=O) groups excluding carboxylic acids is 2. The predicted molar refractivity (Wildman–Crippen MR) is 120 cm³/mol. The minimum Gasteiger partial charge on any atom is -0.457 e. The molecule has 4 nitrogen and oxygen atoms in total. The lowest BCUT2D eigenvalue weighted by atomic mass is 9.83. The SMILES string of the molecule is CC1=C(C(=O)OCc2ccccc2)C(c2ccc(F)cc2)CC(=O)N1Cc1ccccc1. The van der Waals surface area contributed by atoms with Crippen molar-refractivity contribution in [2.24, 2.45) is 0 Å². The van der Waals surface area contributed by atoms with E-state index in [9.17, 15) is 14.0 Å². The monoisotopic (exact) mass is 429 g/mol. The number of amides is 1. The van der Waals surface area contributed by atoms with Gasteiger partial charge in [0.2, 0.25) is 5.91 Å². The van der Waals surface area contributed by atoms with E-state index in [1.807, 2.05) is 60.7 Å². The maximum absolute atomic E-state index is 13.5. The lowest BCUT2D eigenvalue weighted by Gasteiger charge is -2.34. The molecule has 4 rings (SSSR count). The van der Waals surface area contributed by atoms with Crippen LogP contribution in [0.25, 0.3) is 0 Å². The average molecular weight is 429 g/mol. The Morgan fingerprint density at radius 1 is 0.938 bits per heavy atom. The molecule has 0 radical (unpaired) electrons. The van der Waals surface area contributed by atoms with Gasteiger partial charge in [0.05, 0.1) is 12.1 Å². The Hall–Kier alpha value is -3.73. The fourth-order valence-corrected chi connectivity index (χ4v) is 4.01. The third kappa shape index (κ3) is 4.78. The number of nitrogens with zero attached hydrogens (tertiary/aromatic N) is 1. The zero-order valence-corrected chi connectivity index (χ0v) is 17.8. The highest BCUT2D eigenvalue weighted by molar-refractivity contribution is 5.95. The third-order valence-electron chi connectivity index (χ3n) is 5.71. The Morgan fingerprint density at radius 3 is 2.16 bits per heavy atom. The van der Waals surface area contributed by atoms with Crippen LogP contribution in [0.4, 0.5) is 4.39 Å². The third-order valence-corrected chi connectivity index (χ3v) is 5.71. The van der Waals surface area contributed by atoms with E-state index in [-0.39, 0.29) is 24.8 Å². The van der Waals surface area contributed by atoms with Crippen molar-refractivity contribution < 1.29 is 18.7 Å². The van der Waals surface area contributed by atoms with Crippen molar-refractivity contribution in [3.63, 3.8) is 0 Å². The van der Waals surface area contributed by atoms with Gasteiger partial charge in [-0.05, 0) is 35.7 Å².